The van der Waals surface area contributed by atoms with E-state index in [1.165, 1.54) is 0 Å². The summed E-state index contributed by atoms with van der Waals surface area (Å²) in [7, 11) is 0. The fourth-order valence-corrected chi connectivity index (χ4v) is 3.71. The Balaban J connectivity index is 1.44. The van der Waals surface area contributed by atoms with Crippen LogP contribution in [-0.4, -0.2) is 25.5 Å². The summed E-state index contributed by atoms with van der Waals surface area (Å²) in [4.78, 5) is 12.6. The van der Waals surface area contributed by atoms with Crippen LogP contribution in [0.15, 0.2) is 57.6 Å². The molecule has 0 saturated carbocycles. The molecule has 7 nitrogen and oxygen atoms in total. The number of furan rings is 1. The SMILES string of the molecule is Cc1cc(C)n(Cc2ccc(C(=O)Nc3nn(Cc4ccccc4Cl)cc3Br)o2)n1. The van der Waals surface area contributed by atoms with E-state index in [9.17, 15) is 4.79 Å². The Morgan fingerprint density at radius 2 is 1.97 bits per heavy atom. The van der Waals surface area contributed by atoms with E-state index in [0.717, 1.165) is 17.0 Å². The topological polar surface area (TPSA) is 77.9 Å². The molecule has 3 aromatic heterocycles. The van der Waals surface area contributed by atoms with Crippen molar-refractivity contribution in [3.8, 4) is 0 Å². The molecule has 9 heteroatoms. The predicted molar refractivity (Wildman–Crippen MR) is 118 cm³/mol. The largest absolute Gasteiger partial charge is 0.454 e. The first-order valence-electron chi connectivity index (χ1n) is 9.26. The van der Waals surface area contributed by atoms with Crippen molar-refractivity contribution in [2.75, 3.05) is 5.32 Å². The lowest BCUT2D eigenvalue weighted by molar-refractivity contribution is 0.0994. The average molecular weight is 489 g/mol. The number of halogens is 2. The molecule has 0 spiro atoms. The Hall–Kier alpha value is -2.84. The van der Waals surface area contributed by atoms with Gasteiger partial charge in [-0.2, -0.15) is 10.2 Å². The number of benzene rings is 1. The third-order valence-corrected chi connectivity index (χ3v) is 5.48. The van der Waals surface area contributed by atoms with Gasteiger partial charge in [0.15, 0.2) is 11.6 Å². The number of carbonyl (C=O) groups excluding carboxylic acids is 1. The van der Waals surface area contributed by atoms with Crippen LogP contribution in [0.3, 0.4) is 0 Å². The molecule has 0 fully saturated rings. The molecule has 30 heavy (non-hydrogen) atoms. The Morgan fingerprint density at radius 3 is 2.70 bits per heavy atom. The molecule has 4 aromatic rings. The van der Waals surface area contributed by atoms with E-state index in [0.29, 0.717) is 34.2 Å². The number of nitrogens with one attached hydrogen (secondary N) is 1. The van der Waals surface area contributed by atoms with E-state index in [1.54, 1.807) is 23.0 Å². The van der Waals surface area contributed by atoms with Gasteiger partial charge in [0.2, 0.25) is 0 Å². The summed E-state index contributed by atoms with van der Waals surface area (Å²) < 4.78 is 9.91. The van der Waals surface area contributed by atoms with Crippen molar-refractivity contribution in [2.24, 2.45) is 0 Å². The van der Waals surface area contributed by atoms with Crippen LogP contribution in [0.4, 0.5) is 5.82 Å². The lowest BCUT2D eigenvalue weighted by Crippen LogP contribution is -2.12. The summed E-state index contributed by atoms with van der Waals surface area (Å²) in [6.45, 7) is 4.87. The van der Waals surface area contributed by atoms with Crippen LogP contribution in [0.25, 0.3) is 0 Å². The van der Waals surface area contributed by atoms with E-state index in [-0.39, 0.29) is 11.7 Å². The first kappa shape index (κ1) is 20.4. The Kier molecular flexibility index (Phi) is 5.78. The molecule has 154 valence electrons. The highest BCUT2D eigenvalue weighted by Gasteiger charge is 2.16. The van der Waals surface area contributed by atoms with Crippen molar-refractivity contribution in [2.45, 2.75) is 26.9 Å². The van der Waals surface area contributed by atoms with Gasteiger partial charge >= 0.3 is 0 Å². The van der Waals surface area contributed by atoms with Crippen LogP contribution in [0, 0.1) is 13.8 Å². The zero-order valence-electron chi connectivity index (χ0n) is 16.4. The van der Waals surface area contributed by atoms with E-state index in [1.807, 2.05) is 48.9 Å². The molecule has 0 bridgehead atoms. The normalized spacial score (nSPS) is 11.1. The van der Waals surface area contributed by atoms with E-state index in [4.69, 9.17) is 16.0 Å². The summed E-state index contributed by atoms with van der Waals surface area (Å²) in [5.74, 6) is 0.885. The minimum absolute atomic E-state index is 0.207. The maximum Gasteiger partial charge on any atom is 0.292 e. The first-order chi connectivity index (χ1) is 14.4. The molecule has 0 radical (unpaired) electrons. The number of hydrogen-bond acceptors (Lipinski definition) is 4. The van der Waals surface area contributed by atoms with Crippen molar-refractivity contribution >= 4 is 39.3 Å². The molecule has 1 N–H and O–H groups in total. The first-order valence-corrected chi connectivity index (χ1v) is 10.4. The van der Waals surface area contributed by atoms with E-state index in [2.05, 4.69) is 31.4 Å². The van der Waals surface area contributed by atoms with Gasteiger partial charge in [-0.15, -0.1) is 0 Å². The summed E-state index contributed by atoms with van der Waals surface area (Å²) in [6, 6.07) is 13.0. The Morgan fingerprint density at radius 1 is 1.17 bits per heavy atom. The third kappa shape index (κ3) is 4.49. The number of nitrogens with zero attached hydrogens (tertiary/aromatic N) is 4. The predicted octanol–water partition coefficient (Wildman–Crippen LogP) is 5.05. The number of anilines is 1. The molecule has 0 aliphatic heterocycles. The number of rotatable bonds is 6. The molecule has 0 atom stereocenters. The van der Waals surface area contributed by atoms with Crippen LogP contribution < -0.4 is 5.32 Å². The number of hydrogen-bond donors (Lipinski definition) is 1. The fourth-order valence-electron chi connectivity index (χ4n) is 3.10. The van der Waals surface area contributed by atoms with Gasteiger partial charge < -0.3 is 9.73 Å². The van der Waals surface area contributed by atoms with Crippen LogP contribution in [0.1, 0.15) is 33.3 Å². The maximum atomic E-state index is 12.6. The van der Waals surface area contributed by atoms with Crippen LogP contribution in [0.2, 0.25) is 5.02 Å². The lowest BCUT2D eigenvalue weighted by Gasteiger charge is -2.04. The van der Waals surface area contributed by atoms with Crippen LogP contribution in [-0.2, 0) is 13.1 Å². The van der Waals surface area contributed by atoms with Gasteiger partial charge in [-0.25, -0.2) is 0 Å². The van der Waals surface area contributed by atoms with Gasteiger partial charge in [0, 0.05) is 16.9 Å². The van der Waals surface area contributed by atoms with E-state index >= 15 is 0 Å². The summed E-state index contributed by atoms with van der Waals surface area (Å²) in [6.07, 6.45) is 1.79. The molecule has 0 aliphatic rings. The molecule has 3 heterocycles. The maximum absolute atomic E-state index is 12.6. The molecule has 4 rings (SSSR count). The van der Waals surface area contributed by atoms with Gasteiger partial charge in [-0.1, -0.05) is 29.8 Å². The third-order valence-electron chi connectivity index (χ3n) is 4.53. The highest BCUT2D eigenvalue weighted by atomic mass is 79.9. The molecule has 1 aromatic carbocycles. The molecule has 0 aliphatic carbocycles. The van der Waals surface area contributed by atoms with Crippen molar-refractivity contribution < 1.29 is 9.21 Å². The molecule has 1 amide bonds. The van der Waals surface area contributed by atoms with Crippen LogP contribution >= 0.6 is 27.5 Å². The van der Waals surface area contributed by atoms with Crippen molar-refractivity contribution in [1.29, 1.82) is 0 Å². The minimum atomic E-state index is -0.377. The minimum Gasteiger partial charge on any atom is -0.454 e. The Labute approximate surface area is 186 Å². The summed E-state index contributed by atoms with van der Waals surface area (Å²) in [5, 5.41) is 12.3. The lowest BCUT2D eigenvalue weighted by atomic mass is 10.2. The molecule has 0 saturated heterocycles. The quantitative estimate of drug-likeness (QED) is 0.412. The fraction of sp³-hybridized carbons (Fsp3) is 0.190. The van der Waals surface area contributed by atoms with Gasteiger partial charge in [-0.05, 0) is 59.6 Å². The van der Waals surface area contributed by atoms with Gasteiger partial charge in [-0.3, -0.25) is 14.2 Å². The average Bonchev–Trinajstić information content (AvgIpc) is 3.38. The number of aryl methyl sites for hydroxylation is 2. The Bertz CT molecular complexity index is 1210. The number of amides is 1. The number of carbonyl (C=O) groups is 1. The second-order valence-corrected chi connectivity index (χ2v) is 8.18. The zero-order chi connectivity index (χ0) is 21.3. The van der Waals surface area contributed by atoms with Crippen molar-refractivity contribution in [3.63, 3.8) is 0 Å². The highest BCUT2D eigenvalue weighted by Crippen LogP contribution is 2.23. The number of aromatic nitrogens is 4. The highest BCUT2D eigenvalue weighted by molar-refractivity contribution is 9.10. The van der Waals surface area contributed by atoms with E-state index < -0.39 is 0 Å². The van der Waals surface area contributed by atoms with Gasteiger partial charge in [0.1, 0.15) is 5.76 Å². The molecule has 0 unspecified atom stereocenters. The smallest absolute Gasteiger partial charge is 0.292 e. The molecular formula is C21H19BrClN5O2. The monoisotopic (exact) mass is 487 g/mol. The van der Waals surface area contributed by atoms with Crippen LogP contribution in [0.5, 0.6) is 0 Å². The van der Waals surface area contributed by atoms with Gasteiger partial charge in [0.05, 0.1) is 23.3 Å². The standard InChI is InChI=1S/C21H19BrClN5O2/c1-13-9-14(2)28(25-13)11-16-7-8-19(30-16)21(29)24-20-17(22)12-27(26-20)10-15-5-3-4-6-18(15)23/h3-9,12H,10-11H2,1-2H3,(H,24,26,29). The van der Waals surface area contributed by atoms with Crippen molar-refractivity contribution in [3.05, 3.63) is 86.6 Å². The van der Waals surface area contributed by atoms with Gasteiger partial charge in [0.25, 0.3) is 5.91 Å². The summed E-state index contributed by atoms with van der Waals surface area (Å²) >= 11 is 9.65. The zero-order valence-corrected chi connectivity index (χ0v) is 18.7. The summed E-state index contributed by atoms with van der Waals surface area (Å²) in [5.41, 5.74) is 2.91. The second-order valence-electron chi connectivity index (χ2n) is 6.92. The second kappa shape index (κ2) is 8.49. The molecular weight excluding hydrogens is 470 g/mol. The van der Waals surface area contributed by atoms with Crippen molar-refractivity contribution in [1.82, 2.24) is 19.6 Å².